The van der Waals surface area contributed by atoms with Crippen molar-refractivity contribution >= 4 is 28.8 Å². The number of carboxylic acids is 1. The molecule has 0 saturated heterocycles. The van der Waals surface area contributed by atoms with Crippen molar-refractivity contribution in [3.8, 4) is 11.5 Å². The third-order valence-electron chi connectivity index (χ3n) is 5.44. The second-order valence-electron chi connectivity index (χ2n) is 7.84. The number of carbonyl (C=O) groups is 1. The first kappa shape index (κ1) is 25.7. The Hall–Kier alpha value is -2.88. The molecular weight excluding hydrogens is 470 g/mol. The summed E-state index contributed by atoms with van der Waals surface area (Å²) in [6.45, 7) is 2.37. The zero-order chi connectivity index (χ0) is 25.3. The van der Waals surface area contributed by atoms with Gasteiger partial charge in [0.05, 0.1) is 18.7 Å². The quantitative estimate of drug-likeness (QED) is 0.124. The maximum absolute atomic E-state index is 12.5. The van der Waals surface area contributed by atoms with Gasteiger partial charge in [-0.05, 0) is 31.0 Å². The van der Waals surface area contributed by atoms with E-state index in [4.69, 9.17) is 15.9 Å². The molecule has 3 rings (SSSR count). The van der Waals surface area contributed by atoms with Gasteiger partial charge in [0, 0.05) is 10.6 Å². The van der Waals surface area contributed by atoms with Gasteiger partial charge in [-0.15, -0.1) is 11.8 Å². The van der Waals surface area contributed by atoms with Crippen LogP contribution in [0, 0.1) is 13.8 Å². The van der Waals surface area contributed by atoms with Gasteiger partial charge in [0.25, 0.3) is 5.56 Å². The summed E-state index contributed by atoms with van der Waals surface area (Å²) < 4.78 is 1.32. The van der Waals surface area contributed by atoms with Crippen molar-refractivity contribution in [2.24, 2.45) is 5.73 Å². The molecule has 1 aromatic carbocycles. The van der Waals surface area contributed by atoms with Crippen molar-refractivity contribution < 1.29 is 30.3 Å². The number of aryl methyl sites for hydroxylation is 1. The highest BCUT2D eigenvalue weighted by atomic mass is 32.2. The number of hydrogen-bond acceptors (Lipinski definition) is 11. The number of rotatable bonds is 9. The molecular formula is C20H25N5O8S. The predicted molar refractivity (Wildman–Crippen MR) is 122 cm³/mol. The molecule has 0 saturated carbocycles. The molecule has 0 fully saturated rings. The van der Waals surface area contributed by atoms with Gasteiger partial charge < -0.3 is 35.8 Å². The first-order chi connectivity index (χ1) is 16.0. The summed E-state index contributed by atoms with van der Waals surface area (Å²) in [7, 11) is 0. The molecule has 184 valence electrons. The lowest BCUT2D eigenvalue weighted by atomic mass is 10.1. The summed E-state index contributed by atoms with van der Waals surface area (Å²) in [6.07, 6.45) is -4.98. The number of fused-ring (bicyclic) bond motifs is 2. The Morgan fingerprint density at radius 1 is 1.21 bits per heavy atom. The zero-order valence-corrected chi connectivity index (χ0v) is 19.1. The Morgan fingerprint density at radius 3 is 2.50 bits per heavy atom. The number of H-pyrrole nitrogens is 1. The lowest BCUT2D eigenvalue weighted by molar-refractivity contribution is -0.137. The molecule has 0 aromatic heterocycles. The summed E-state index contributed by atoms with van der Waals surface area (Å²) in [5, 5.41) is 48.6. The SMILES string of the molecule is Cc1cc2c(nc3c(=O)[nH]c(=O)nc-3n2C[C@H](O)[C@H](O)[C@H](O)CO)c(SC[C@@H](N)C(=O)O)c1C. The smallest absolute Gasteiger partial charge is 0.349 e. The van der Waals surface area contributed by atoms with E-state index in [0.29, 0.717) is 10.4 Å². The third kappa shape index (κ3) is 4.96. The molecule has 2 heterocycles. The van der Waals surface area contributed by atoms with E-state index in [1.54, 1.807) is 19.9 Å². The largest absolute Gasteiger partial charge is 0.480 e. The Labute approximate surface area is 196 Å². The van der Waals surface area contributed by atoms with Crippen LogP contribution in [0.25, 0.3) is 22.6 Å². The van der Waals surface area contributed by atoms with Gasteiger partial charge in [-0.3, -0.25) is 14.6 Å². The number of thioether (sulfide) groups is 1. The Morgan fingerprint density at radius 2 is 1.88 bits per heavy atom. The van der Waals surface area contributed by atoms with Crippen molar-refractivity contribution in [2.75, 3.05) is 12.4 Å². The van der Waals surface area contributed by atoms with Gasteiger partial charge in [0.15, 0.2) is 11.5 Å². The summed E-state index contributed by atoms with van der Waals surface area (Å²) in [4.78, 5) is 46.4. The molecule has 34 heavy (non-hydrogen) atoms. The zero-order valence-electron chi connectivity index (χ0n) is 18.3. The van der Waals surface area contributed by atoms with Crippen molar-refractivity contribution in [3.05, 3.63) is 38.0 Å². The average Bonchev–Trinajstić information content (AvgIpc) is 2.78. The number of carboxylic acid groups (broad SMARTS) is 1. The molecule has 0 amide bonds. The minimum Gasteiger partial charge on any atom is -0.480 e. The Balaban J connectivity index is 2.30. The molecule has 8 N–H and O–H groups in total. The predicted octanol–water partition coefficient (Wildman–Crippen LogP) is -2.22. The van der Waals surface area contributed by atoms with Crippen LogP contribution in [-0.2, 0) is 11.3 Å². The molecule has 0 radical (unpaired) electrons. The van der Waals surface area contributed by atoms with Crippen LogP contribution in [0.5, 0.6) is 0 Å². The van der Waals surface area contributed by atoms with Crippen molar-refractivity contribution in [1.29, 1.82) is 0 Å². The molecule has 4 atom stereocenters. The minimum absolute atomic E-state index is 0.00653. The van der Waals surface area contributed by atoms with Gasteiger partial charge in [-0.25, -0.2) is 9.78 Å². The van der Waals surface area contributed by atoms with Gasteiger partial charge in [-0.1, -0.05) is 0 Å². The summed E-state index contributed by atoms with van der Waals surface area (Å²) >= 11 is 1.13. The number of hydrogen-bond donors (Lipinski definition) is 7. The molecule has 0 unspecified atom stereocenters. The highest BCUT2D eigenvalue weighted by Crippen LogP contribution is 2.35. The number of benzene rings is 1. The first-order valence-electron chi connectivity index (χ1n) is 10.2. The van der Waals surface area contributed by atoms with Gasteiger partial charge in [0.2, 0.25) is 0 Å². The van der Waals surface area contributed by atoms with Crippen LogP contribution in [0.3, 0.4) is 0 Å². The molecule has 1 aromatic rings. The standard InChI is InChI=1S/C20H25N5O8S/c1-7-3-10-13(16(8(7)2)34-6-9(21)19(31)32)22-14-17(23-20(33)24-18(14)30)25(10)4-11(27)15(29)12(28)5-26/h3,9,11-12,15,26-29H,4-6,21H2,1-2H3,(H,31,32)(H,24,30,33)/t9-,11+,12-,15+/m1/s1. The Bertz CT molecular complexity index is 1310. The minimum atomic E-state index is -1.74. The number of nitrogens with two attached hydrogens (primary N) is 1. The summed E-state index contributed by atoms with van der Waals surface area (Å²) in [6, 6.07) is 0.533. The van der Waals surface area contributed by atoms with E-state index >= 15 is 0 Å². The lowest BCUT2D eigenvalue weighted by Gasteiger charge is -2.25. The van der Waals surface area contributed by atoms with E-state index in [-0.39, 0.29) is 22.8 Å². The second kappa shape index (κ2) is 10.2. The number of aromatic nitrogens is 4. The molecule has 0 spiro atoms. The normalized spacial score (nSPS) is 15.4. The fourth-order valence-electron chi connectivity index (χ4n) is 3.38. The van der Waals surface area contributed by atoms with E-state index in [2.05, 4.69) is 9.97 Å². The summed E-state index contributed by atoms with van der Waals surface area (Å²) in [5.74, 6) is -1.33. The number of aliphatic hydroxyl groups is 4. The fraction of sp³-hybridized carbons (Fsp3) is 0.450. The van der Waals surface area contributed by atoms with Gasteiger partial charge in [-0.2, -0.15) is 4.98 Å². The number of nitrogens with zero attached hydrogens (tertiary/aromatic N) is 3. The third-order valence-corrected chi connectivity index (χ3v) is 6.75. The van der Waals surface area contributed by atoms with Crippen LogP contribution in [-0.4, -0.2) is 87.7 Å². The van der Waals surface area contributed by atoms with Crippen LogP contribution in [0.1, 0.15) is 11.1 Å². The topological polar surface area (TPSA) is 225 Å². The molecule has 0 aliphatic carbocycles. The van der Waals surface area contributed by atoms with Crippen LogP contribution >= 0.6 is 11.8 Å². The molecule has 2 aliphatic rings. The number of aromatic amines is 1. The molecule has 2 aliphatic heterocycles. The van der Waals surface area contributed by atoms with E-state index < -0.39 is 54.7 Å². The molecule has 0 bridgehead atoms. The van der Waals surface area contributed by atoms with Crippen LogP contribution in [0.4, 0.5) is 0 Å². The maximum Gasteiger partial charge on any atom is 0.349 e. The molecule has 13 nitrogen and oxygen atoms in total. The highest BCUT2D eigenvalue weighted by molar-refractivity contribution is 7.99. The van der Waals surface area contributed by atoms with Crippen molar-refractivity contribution in [2.45, 2.75) is 49.6 Å². The van der Waals surface area contributed by atoms with Gasteiger partial charge >= 0.3 is 11.7 Å². The van der Waals surface area contributed by atoms with Crippen LogP contribution < -0.4 is 17.0 Å². The summed E-state index contributed by atoms with van der Waals surface area (Å²) in [5.41, 5.74) is 5.79. The first-order valence-corrected chi connectivity index (χ1v) is 11.2. The maximum atomic E-state index is 12.5. The van der Waals surface area contributed by atoms with Crippen LogP contribution in [0.15, 0.2) is 20.6 Å². The van der Waals surface area contributed by atoms with E-state index in [0.717, 1.165) is 22.9 Å². The number of aliphatic carboxylic acids is 1. The molecule has 14 heteroatoms. The van der Waals surface area contributed by atoms with Crippen LogP contribution in [0.2, 0.25) is 0 Å². The van der Waals surface area contributed by atoms with Crippen molar-refractivity contribution in [3.63, 3.8) is 0 Å². The fourth-order valence-corrected chi connectivity index (χ4v) is 4.54. The number of aliphatic hydroxyl groups excluding tert-OH is 4. The van der Waals surface area contributed by atoms with Gasteiger partial charge in [0.1, 0.15) is 29.9 Å². The van der Waals surface area contributed by atoms with E-state index in [9.17, 15) is 29.7 Å². The lowest BCUT2D eigenvalue weighted by Crippen LogP contribution is -2.42. The Kier molecular flexibility index (Phi) is 7.70. The second-order valence-corrected chi connectivity index (χ2v) is 8.87. The number of nitrogens with one attached hydrogen (secondary N) is 1. The highest BCUT2D eigenvalue weighted by Gasteiger charge is 2.28. The van der Waals surface area contributed by atoms with Crippen molar-refractivity contribution in [1.82, 2.24) is 19.5 Å². The monoisotopic (exact) mass is 495 g/mol. The van der Waals surface area contributed by atoms with E-state index in [1.165, 1.54) is 4.57 Å². The van der Waals surface area contributed by atoms with E-state index in [1.807, 2.05) is 4.98 Å². The average molecular weight is 496 g/mol.